The Morgan fingerprint density at radius 2 is 1.65 bits per heavy atom. The number of hydrogen-bond acceptors (Lipinski definition) is 9. The van der Waals surface area contributed by atoms with Crippen molar-refractivity contribution < 1.29 is 33.3 Å². The first-order valence-corrected chi connectivity index (χ1v) is 13.5. The third-order valence-electron chi connectivity index (χ3n) is 6.93. The molecule has 0 aromatic carbocycles. The van der Waals surface area contributed by atoms with Crippen molar-refractivity contribution in [3.8, 4) is 0 Å². The molecule has 2 N–H and O–H groups in total. The van der Waals surface area contributed by atoms with Crippen LogP contribution >= 0.6 is 0 Å². The quantitative estimate of drug-likeness (QED) is 0.269. The van der Waals surface area contributed by atoms with Gasteiger partial charge in [-0.25, -0.2) is 9.48 Å². The smallest absolute Gasteiger partial charge is 0.407 e. The van der Waals surface area contributed by atoms with Crippen LogP contribution in [0.1, 0.15) is 37.6 Å². The van der Waals surface area contributed by atoms with E-state index in [1.807, 2.05) is 11.6 Å². The molecule has 1 aromatic rings. The van der Waals surface area contributed by atoms with Gasteiger partial charge in [0.2, 0.25) is 5.91 Å². The van der Waals surface area contributed by atoms with Crippen molar-refractivity contribution in [3.63, 3.8) is 0 Å². The monoisotopic (exact) mass is 525 g/mol. The molecule has 37 heavy (non-hydrogen) atoms. The Hall–Kier alpha value is -2.28. The Bertz CT molecular complexity index is 821. The Morgan fingerprint density at radius 1 is 0.946 bits per heavy atom. The number of aromatic nitrogens is 3. The van der Waals surface area contributed by atoms with Gasteiger partial charge >= 0.3 is 6.09 Å². The Morgan fingerprint density at radius 3 is 2.38 bits per heavy atom. The molecule has 210 valence electrons. The number of carbonyl (C=O) groups excluding carboxylic acids is 2. The molecule has 0 bridgehead atoms. The maximum Gasteiger partial charge on any atom is 0.407 e. The number of rotatable bonds is 18. The zero-order valence-corrected chi connectivity index (χ0v) is 22.2. The second-order valence-corrected chi connectivity index (χ2v) is 9.26. The highest BCUT2D eigenvalue weighted by molar-refractivity contribution is 5.75. The van der Waals surface area contributed by atoms with Crippen molar-refractivity contribution in [3.05, 3.63) is 11.4 Å². The van der Waals surface area contributed by atoms with Gasteiger partial charge in [0, 0.05) is 26.6 Å². The van der Waals surface area contributed by atoms with Crippen LogP contribution < -0.4 is 10.6 Å². The minimum Gasteiger partial charge on any atom is -0.449 e. The van der Waals surface area contributed by atoms with Crippen molar-refractivity contribution in [1.82, 2.24) is 25.6 Å². The summed E-state index contributed by atoms with van der Waals surface area (Å²) in [6.45, 7) is 7.52. The average Bonchev–Trinajstić information content (AvgIpc) is 3.41. The molecule has 1 fully saturated rings. The summed E-state index contributed by atoms with van der Waals surface area (Å²) >= 11 is 0. The Balaban J connectivity index is 1.24. The predicted molar refractivity (Wildman–Crippen MR) is 134 cm³/mol. The summed E-state index contributed by atoms with van der Waals surface area (Å²) in [5, 5.41) is 14.1. The van der Waals surface area contributed by atoms with E-state index in [0.717, 1.165) is 31.4 Å². The molecule has 0 radical (unpaired) electrons. The number of carbonyl (C=O) groups is 2. The molecule has 2 aliphatic carbocycles. The fraction of sp³-hybridized carbons (Fsp3) is 0.840. The number of nitrogens with zero attached hydrogens (tertiary/aromatic N) is 3. The van der Waals surface area contributed by atoms with Crippen LogP contribution in [0.25, 0.3) is 0 Å². The standard InChI is InChI=1S/C25H43N5O7/c1-3-33-12-9-27-25(32)37-18-21-19-4-6-22-23(7-5-20(19)21)30(29-28-22)10-13-35-15-17-36-16-14-34-11-8-24(31)26-2/h19-21H,3-18H2,1-2H3,(H,26,31)(H,27,32). The Kier molecular flexibility index (Phi) is 13.1. The number of hydrogen-bond donors (Lipinski definition) is 2. The number of fused-ring (bicyclic) bond motifs is 2. The SMILES string of the molecule is CCOCCNC(=O)OCC1C2CCc3nnn(CCOCCOCCOCCC(=O)NC)c3CCC21. The zero-order chi connectivity index (χ0) is 26.3. The lowest BCUT2D eigenvalue weighted by Gasteiger charge is -2.11. The van der Waals surface area contributed by atoms with Gasteiger partial charge in [0.05, 0.1) is 70.8 Å². The van der Waals surface area contributed by atoms with Crippen molar-refractivity contribution in [1.29, 1.82) is 0 Å². The molecule has 0 aliphatic heterocycles. The van der Waals surface area contributed by atoms with E-state index in [-0.39, 0.29) is 12.0 Å². The maximum atomic E-state index is 11.9. The summed E-state index contributed by atoms with van der Waals surface area (Å²) in [5.74, 6) is 1.59. The average molecular weight is 526 g/mol. The van der Waals surface area contributed by atoms with Crippen LogP contribution in [-0.4, -0.2) is 100 Å². The van der Waals surface area contributed by atoms with Crippen molar-refractivity contribution in [2.24, 2.45) is 17.8 Å². The minimum absolute atomic E-state index is 0.0320. The van der Waals surface area contributed by atoms with E-state index < -0.39 is 0 Å². The van der Waals surface area contributed by atoms with Crippen LogP contribution in [0.2, 0.25) is 0 Å². The highest BCUT2D eigenvalue weighted by Crippen LogP contribution is 2.52. The third-order valence-corrected chi connectivity index (χ3v) is 6.93. The number of aryl methyl sites for hydroxylation is 1. The van der Waals surface area contributed by atoms with Gasteiger partial charge in [-0.05, 0) is 50.4 Å². The van der Waals surface area contributed by atoms with E-state index in [0.29, 0.717) is 96.7 Å². The van der Waals surface area contributed by atoms with Gasteiger partial charge in [0.15, 0.2) is 0 Å². The summed E-state index contributed by atoms with van der Waals surface area (Å²) in [5.41, 5.74) is 2.28. The zero-order valence-electron chi connectivity index (χ0n) is 22.2. The molecule has 1 heterocycles. The normalized spacial score (nSPS) is 20.3. The fourth-order valence-corrected chi connectivity index (χ4v) is 4.83. The van der Waals surface area contributed by atoms with E-state index in [2.05, 4.69) is 20.9 Å². The van der Waals surface area contributed by atoms with Gasteiger partial charge in [0.25, 0.3) is 0 Å². The van der Waals surface area contributed by atoms with E-state index in [1.165, 1.54) is 5.69 Å². The van der Waals surface area contributed by atoms with Gasteiger partial charge in [0.1, 0.15) is 0 Å². The van der Waals surface area contributed by atoms with Crippen LogP contribution in [0.4, 0.5) is 4.79 Å². The van der Waals surface area contributed by atoms with Crippen LogP contribution in [-0.2, 0) is 47.9 Å². The van der Waals surface area contributed by atoms with Crippen molar-refractivity contribution in [2.45, 2.75) is 45.6 Å². The van der Waals surface area contributed by atoms with Crippen LogP contribution in [0.3, 0.4) is 0 Å². The molecule has 12 nitrogen and oxygen atoms in total. The van der Waals surface area contributed by atoms with E-state index in [1.54, 1.807) is 7.05 Å². The molecule has 1 aromatic heterocycles. The van der Waals surface area contributed by atoms with E-state index in [9.17, 15) is 9.59 Å². The first-order valence-electron chi connectivity index (χ1n) is 13.5. The lowest BCUT2D eigenvalue weighted by Crippen LogP contribution is -2.28. The largest absolute Gasteiger partial charge is 0.449 e. The molecule has 1 saturated carbocycles. The lowest BCUT2D eigenvalue weighted by molar-refractivity contribution is -0.121. The molecule has 3 atom stereocenters. The topological polar surface area (TPSA) is 135 Å². The Labute approximate surface area is 219 Å². The predicted octanol–water partition coefficient (Wildman–Crippen LogP) is 0.968. The molecule has 3 unspecified atom stereocenters. The third kappa shape index (κ3) is 10.2. The molecule has 3 rings (SSSR count). The molecule has 2 amide bonds. The van der Waals surface area contributed by atoms with Crippen LogP contribution in [0.15, 0.2) is 0 Å². The number of nitrogens with one attached hydrogen (secondary N) is 2. The van der Waals surface area contributed by atoms with Gasteiger partial charge in [-0.15, -0.1) is 5.10 Å². The highest BCUT2D eigenvalue weighted by atomic mass is 16.6. The van der Waals surface area contributed by atoms with Crippen molar-refractivity contribution >= 4 is 12.0 Å². The summed E-state index contributed by atoms with van der Waals surface area (Å²) in [7, 11) is 1.61. The van der Waals surface area contributed by atoms with Gasteiger partial charge < -0.3 is 34.3 Å². The number of alkyl carbamates (subject to hydrolysis) is 1. The molecule has 12 heteroatoms. The second-order valence-electron chi connectivity index (χ2n) is 9.26. The molecular weight excluding hydrogens is 482 g/mol. The number of ether oxygens (including phenoxy) is 5. The minimum atomic E-state index is -0.365. The lowest BCUT2D eigenvalue weighted by atomic mass is 10.0. The second kappa shape index (κ2) is 16.5. The fourth-order valence-electron chi connectivity index (χ4n) is 4.83. The summed E-state index contributed by atoms with van der Waals surface area (Å²) in [4.78, 5) is 23.0. The summed E-state index contributed by atoms with van der Waals surface area (Å²) in [6.07, 6.45) is 3.95. The number of amides is 2. The molecular formula is C25H43N5O7. The van der Waals surface area contributed by atoms with Crippen molar-refractivity contribution in [2.75, 3.05) is 73.1 Å². The van der Waals surface area contributed by atoms with Gasteiger partial charge in [-0.1, -0.05) is 5.21 Å². The first-order chi connectivity index (χ1) is 18.1. The molecule has 0 spiro atoms. The maximum absolute atomic E-state index is 11.9. The van der Waals surface area contributed by atoms with E-state index >= 15 is 0 Å². The van der Waals surface area contributed by atoms with Crippen LogP contribution in [0, 0.1) is 17.8 Å². The van der Waals surface area contributed by atoms with Crippen LogP contribution in [0.5, 0.6) is 0 Å². The van der Waals surface area contributed by atoms with E-state index in [4.69, 9.17) is 23.7 Å². The first kappa shape index (κ1) is 29.3. The summed E-state index contributed by atoms with van der Waals surface area (Å²) < 4.78 is 29.2. The summed E-state index contributed by atoms with van der Waals surface area (Å²) in [6, 6.07) is 0. The molecule has 2 aliphatic rings. The molecule has 0 saturated heterocycles. The van der Waals surface area contributed by atoms with Gasteiger partial charge in [-0.3, -0.25) is 4.79 Å². The highest BCUT2D eigenvalue weighted by Gasteiger charge is 2.50. The van der Waals surface area contributed by atoms with Gasteiger partial charge in [-0.2, -0.15) is 0 Å².